The van der Waals surface area contributed by atoms with E-state index in [-0.39, 0.29) is 5.75 Å². The highest BCUT2D eigenvalue weighted by Gasteiger charge is 2.05. The van der Waals surface area contributed by atoms with Crippen LogP contribution in [0.25, 0.3) is 0 Å². The second-order valence-electron chi connectivity index (χ2n) is 5.38. The highest BCUT2D eigenvalue weighted by atomic mass is 32.2. The molecule has 118 valence electrons. The fraction of sp³-hybridized carbons (Fsp3) is 0.353. The van der Waals surface area contributed by atoms with E-state index in [9.17, 15) is 8.42 Å². The van der Waals surface area contributed by atoms with Gasteiger partial charge in [-0.3, -0.25) is 9.54 Å². The van der Waals surface area contributed by atoms with E-state index < -0.39 is 10.1 Å². The van der Waals surface area contributed by atoms with Gasteiger partial charge in [-0.2, -0.15) is 8.42 Å². The monoisotopic (exact) mass is 319 g/mol. The van der Waals surface area contributed by atoms with Crippen LogP contribution in [0, 0.1) is 0 Å². The number of benzene rings is 1. The molecular weight excluding hydrogens is 298 g/mol. The summed E-state index contributed by atoms with van der Waals surface area (Å²) >= 11 is 0. The van der Waals surface area contributed by atoms with Crippen molar-refractivity contribution in [2.75, 3.05) is 5.75 Å². The van der Waals surface area contributed by atoms with Crippen LogP contribution in [-0.2, 0) is 29.4 Å². The van der Waals surface area contributed by atoms with Crippen molar-refractivity contribution in [3.05, 3.63) is 65.5 Å². The van der Waals surface area contributed by atoms with E-state index in [1.807, 2.05) is 18.2 Å². The molecule has 2 rings (SSSR count). The second kappa shape index (κ2) is 8.06. The molecule has 0 bridgehead atoms. The highest BCUT2D eigenvalue weighted by molar-refractivity contribution is 7.85. The van der Waals surface area contributed by atoms with Gasteiger partial charge in [0, 0.05) is 11.9 Å². The van der Waals surface area contributed by atoms with Crippen LogP contribution in [0.2, 0.25) is 0 Å². The van der Waals surface area contributed by atoms with Crippen LogP contribution in [-0.4, -0.2) is 23.7 Å². The van der Waals surface area contributed by atoms with Crippen molar-refractivity contribution in [1.29, 1.82) is 0 Å². The minimum absolute atomic E-state index is 0.215. The van der Waals surface area contributed by atoms with Gasteiger partial charge in [0.1, 0.15) is 0 Å². The maximum absolute atomic E-state index is 10.7. The van der Waals surface area contributed by atoms with Crippen molar-refractivity contribution < 1.29 is 13.0 Å². The van der Waals surface area contributed by atoms with Crippen LogP contribution in [0.1, 0.15) is 29.7 Å². The zero-order chi connectivity index (χ0) is 15.8. The molecule has 0 amide bonds. The summed E-state index contributed by atoms with van der Waals surface area (Å²) in [5.74, 6) is -0.215. The second-order valence-corrected chi connectivity index (χ2v) is 6.96. The van der Waals surface area contributed by atoms with Crippen LogP contribution in [0.15, 0.2) is 48.7 Å². The van der Waals surface area contributed by atoms with Crippen LogP contribution in [0.5, 0.6) is 0 Å². The molecule has 5 heteroatoms. The summed E-state index contributed by atoms with van der Waals surface area (Å²) in [4.78, 5) is 4.25. The van der Waals surface area contributed by atoms with Gasteiger partial charge in [0.05, 0.1) is 5.75 Å². The average Bonchev–Trinajstić information content (AvgIpc) is 2.47. The lowest BCUT2D eigenvalue weighted by Gasteiger charge is -2.05. The molecule has 1 N–H and O–H groups in total. The summed E-state index contributed by atoms with van der Waals surface area (Å²) in [6.45, 7) is 0. The molecule has 0 saturated heterocycles. The van der Waals surface area contributed by atoms with Gasteiger partial charge in [0.2, 0.25) is 0 Å². The molecule has 0 radical (unpaired) electrons. The molecule has 0 aliphatic heterocycles. The van der Waals surface area contributed by atoms with Gasteiger partial charge in [-0.25, -0.2) is 0 Å². The van der Waals surface area contributed by atoms with Crippen molar-refractivity contribution in [2.45, 2.75) is 32.1 Å². The smallest absolute Gasteiger partial charge is 0.264 e. The Kier molecular flexibility index (Phi) is 6.10. The third kappa shape index (κ3) is 6.37. The molecule has 1 heterocycles. The van der Waals surface area contributed by atoms with Gasteiger partial charge in [0.15, 0.2) is 0 Å². The largest absolute Gasteiger partial charge is 0.286 e. The molecule has 0 spiro atoms. The first kappa shape index (κ1) is 16.6. The van der Waals surface area contributed by atoms with Crippen LogP contribution < -0.4 is 0 Å². The SMILES string of the molecule is O=S(=O)(O)CCCc1cc(CCCc2ccccc2)ccn1. The maximum atomic E-state index is 10.7. The molecule has 0 aliphatic carbocycles. The molecule has 0 unspecified atom stereocenters. The number of rotatable bonds is 8. The number of pyridine rings is 1. The topological polar surface area (TPSA) is 67.3 Å². The van der Waals surface area contributed by atoms with Crippen molar-refractivity contribution in [3.63, 3.8) is 0 Å². The van der Waals surface area contributed by atoms with E-state index in [4.69, 9.17) is 4.55 Å². The molecule has 22 heavy (non-hydrogen) atoms. The summed E-state index contributed by atoms with van der Waals surface area (Å²) in [6, 6.07) is 14.4. The van der Waals surface area contributed by atoms with Gasteiger partial charge in [-0.1, -0.05) is 30.3 Å². The van der Waals surface area contributed by atoms with Crippen molar-refractivity contribution >= 4 is 10.1 Å². The lowest BCUT2D eigenvalue weighted by Crippen LogP contribution is -2.05. The molecule has 0 aliphatic rings. The quantitative estimate of drug-likeness (QED) is 0.759. The van der Waals surface area contributed by atoms with Crippen LogP contribution >= 0.6 is 0 Å². The van der Waals surface area contributed by atoms with Crippen molar-refractivity contribution in [1.82, 2.24) is 4.98 Å². The first-order valence-corrected chi connectivity index (χ1v) is 9.07. The molecule has 0 atom stereocenters. The highest BCUT2D eigenvalue weighted by Crippen LogP contribution is 2.10. The first-order valence-electron chi connectivity index (χ1n) is 7.46. The number of aromatic nitrogens is 1. The van der Waals surface area contributed by atoms with Crippen LogP contribution in [0.4, 0.5) is 0 Å². The Bertz CT molecular complexity index is 684. The van der Waals surface area contributed by atoms with Gasteiger partial charge in [-0.15, -0.1) is 0 Å². The minimum Gasteiger partial charge on any atom is -0.286 e. The van der Waals surface area contributed by atoms with Crippen LogP contribution in [0.3, 0.4) is 0 Å². The zero-order valence-corrected chi connectivity index (χ0v) is 13.3. The van der Waals surface area contributed by atoms with E-state index in [0.717, 1.165) is 25.0 Å². The molecular formula is C17H21NO3S. The third-order valence-electron chi connectivity index (χ3n) is 3.49. The Morgan fingerprint density at radius 3 is 2.36 bits per heavy atom. The van der Waals surface area contributed by atoms with Gasteiger partial charge >= 0.3 is 0 Å². The molecule has 2 aromatic rings. The van der Waals surface area contributed by atoms with Gasteiger partial charge < -0.3 is 0 Å². The van der Waals surface area contributed by atoms with E-state index >= 15 is 0 Å². The Morgan fingerprint density at radius 2 is 1.64 bits per heavy atom. The molecule has 1 aromatic heterocycles. The predicted molar refractivity (Wildman–Crippen MR) is 87.4 cm³/mol. The van der Waals surface area contributed by atoms with Crippen molar-refractivity contribution in [2.24, 2.45) is 0 Å². The Balaban J connectivity index is 1.81. The summed E-state index contributed by atoms with van der Waals surface area (Å²) in [5.41, 5.74) is 3.43. The minimum atomic E-state index is -3.88. The van der Waals surface area contributed by atoms with E-state index in [1.54, 1.807) is 6.20 Å². The number of hydrogen-bond donors (Lipinski definition) is 1. The lowest BCUT2D eigenvalue weighted by atomic mass is 10.0. The molecule has 4 nitrogen and oxygen atoms in total. The summed E-state index contributed by atoms with van der Waals surface area (Å²) in [5, 5.41) is 0. The number of hydrogen-bond acceptors (Lipinski definition) is 3. The molecule has 0 saturated carbocycles. The summed E-state index contributed by atoms with van der Waals surface area (Å²) in [7, 11) is -3.88. The lowest BCUT2D eigenvalue weighted by molar-refractivity contribution is 0.481. The standard InChI is InChI=1S/C17H21NO3S/c19-22(20,21)13-5-10-17-14-16(11-12-18-17)9-4-8-15-6-2-1-3-7-15/h1-3,6-7,11-12,14H,4-5,8-10,13H2,(H,19,20,21). The average molecular weight is 319 g/mol. The number of aryl methyl sites for hydroxylation is 3. The molecule has 0 fully saturated rings. The normalized spacial score (nSPS) is 11.5. The number of nitrogens with zero attached hydrogens (tertiary/aromatic N) is 1. The Morgan fingerprint density at radius 1 is 0.909 bits per heavy atom. The van der Waals surface area contributed by atoms with E-state index in [0.29, 0.717) is 12.8 Å². The molecule has 1 aromatic carbocycles. The summed E-state index contributed by atoms with van der Waals surface area (Å²) in [6.07, 6.45) is 5.80. The fourth-order valence-corrected chi connectivity index (χ4v) is 2.91. The third-order valence-corrected chi connectivity index (χ3v) is 4.29. The van der Waals surface area contributed by atoms with Crippen molar-refractivity contribution in [3.8, 4) is 0 Å². The van der Waals surface area contributed by atoms with Gasteiger partial charge in [0.25, 0.3) is 10.1 Å². The zero-order valence-electron chi connectivity index (χ0n) is 12.5. The van der Waals surface area contributed by atoms with Gasteiger partial charge in [-0.05, 0) is 55.4 Å². The first-order chi connectivity index (χ1) is 10.5. The predicted octanol–water partition coefficient (Wildman–Crippen LogP) is 3.08. The maximum Gasteiger partial charge on any atom is 0.264 e. The van der Waals surface area contributed by atoms with E-state index in [1.165, 1.54) is 11.1 Å². The Labute approximate surface area is 132 Å². The fourth-order valence-electron chi connectivity index (χ4n) is 2.40. The summed E-state index contributed by atoms with van der Waals surface area (Å²) < 4.78 is 30.1. The Hall–Kier alpha value is -1.72. The van der Waals surface area contributed by atoms with E-state index in [2.05, 4.69) is 29.2 Å².